The van der Waals surface area contributed by atoms with Crippen LogP contribution < -0.4 is 10.7 Å². The Kier molecular flexibility index (Phi) is 2.97. The Balaban J connectivity index is 2.59. The van der Waals surface area contributed by atoms with Gasteiger partial charge in [0, 0.05) is 17.3 Å². The smallest absolute Gasteiger partial charge is 0.288 e. The molecule has 0 spiro atoms. The summed E-state index contributed by atoms with van der Waals surface area (Å²) in [4.78, 5) is 33.1. The predicted molar refractivity (Wildman–Crippen MR) is 66.7 cm³/mol. The number of nitrogens with one attached hydrogen (secondary N) is 1. The molecule has 0 saturated heterocycles. The van der Waals surface area contributed by atoms with E-state index in [4.69, 9.17) is 4.42 Å². The molecule has 5 heteroatoms. The minimum Gasteiger partial charge on any atom is -0.461 e. The molecule has 0 aliphatic rings. The molecule has 0 saturated carbocycles. The Labute approximate surface area is 102 Å². The summed E-state index contributed by atoms with van der Waals surface area (Å²) in [6.45, 7) is 3.40. The van der Waals surface area contributed by atoms with E-state index in [0.29, 0.717) is 28.0 Å². The summed E-state index contributed by atoms with van der Waals surface area (Å²) in [5, 5.41) is 2.81. The van der Waals surface area contributed by atoms with Crippen LogP contribution in [0.25, 0.3) is 11.0 Å². The van der Waals surface area contributed by atoms with Gasteiger partial charge in [0.2, 0.25) is 6.29 Å². The highest BCUT2D eigenvalue weighted by Crippen LogP contribution is 2.19. The highest BCUT2D eigenvalue weighted by molar-refractivity contribution is 6.29. The van der Waals surface area contributed by atoms with Crippen LogP contribution in [0, 0.1) is 13.8 Å². The van der Waals surface area contributed by atoms with Crippen molar-refractivity contribution in [1.29, 1.82) is 0 Å². The van der Waals surface area contributed by atoms with Crippen LogP contribution in [0.3, 0.4) is 0 Å². The Morgan fingerprint density at radius 1 is 1.33 bits per heavy atom. The van der Waals surface area contributed by atoms with E-state index in [2.05, 4.69) is 5.32 Å². The molecule has 0 unspecified atom stereocenters. The van der Waals surface area contributed by atoms with Gasteiger partial charge in [-0.2, -0.15) is 0 Å². The van der Waals surface area contributed by atoms with Crippen LogP contribution >= 0.6 is 0 Å². The van der Waals surface area contributed by atoms with E-state index in [9.17, 15) is 14.4 Å². The number of aldehydes is 1. The van der Waals surface area contributed by atoms with Crippen molar-refractivity contribution in [2.75, 3.05) is 5.32 Å². The monoisotopic (exact) mass is 245 g/mol. The molecule has 2 aromatic rings. The van der Waals surface area contributed by atoms with E-state index in [1.54, 1.807) is 26.0 Å². The van der Waals surface area contributed by atoms with Gasteiger partial charge in [-0.3, -0.25) is 14.4 Å². The van der Waals surface area contributed by atoms with Gasteiger partial charge >= 0.3 is 0 Å². The molecule has 0 aliphatic heterocycles. The van der Waals surface area contributed by atoms with Crippen molar-refractivity contribution in [3.63, 3.8) is 0 Å². The number of hydrogen-bond acceptors (Lipinski definition) is 4. The summed E-state index contributed by atoms with van der Waals surface area (Å²) in [6, 6.07) is 4.63. The van der Waals surface area contributed by atoms with Gasteiger partial charge in [0.05, 0.1) is 5.39 Å². The second-order valence-corrected chi connectivity index (χ2v) is 3.93. The molecule has 0 bridgehead atoms. The first kappa shape index (κ1) is 12.0. The lowest BCUT2D eigenvalue weighted by molar-refractivity contribution is -0.127. The molecule has 0 atom stereocenters. The normalized spacial score (nSPS) is 10.3. The number of carbonyl (C=O) groups is 2. The number of anilines is 1. The second-order valence-electron chi connectivity index (χ2n) is 3.93. The largest absolute Gasteiger partial charge is 0.461 e. The zero-order valence-corrected chi connectivity index (χ0v) is 9.94. The molecule has 1 heterocycles. The van der Waals surface area contributed by atoms with E-state index in [1.807, 2.05) is 0 Å². The second kappa shape index (κ2) is 4.44. The quantitative estimate of drug-likeness (QED) is 0.643. The maximum atomic E-state index is 11.9. The number of rotatable bonds is 2. The molecular formula is C13H11NO4. The van der Waals surface area contributed by atoms with Crippen molar-refractivity contribution >= 4 is 28.8 Å². The minimum absolute atomic E-state index is 0.0954. The van der Waals surface area contributed by atoms with Gasteiger partial charge in [-0.25, -0.2) is 0 Å². The first-order valence-corrected chi connectivity index (χ1v) is 5.33. The van der Waals surface area contributed by atoms with E-state index < -0.39 is 5.91 Å². The van der Waals surface area contributed by atoms with Crippen molar-refractivity contribution in [3.05, 3.63) is 39.7 Å². The Morgan fingerprint density at radius 2 is 2.06 bits per heavy atom. The van der Waals surface area contributed by atoms with Gasteiger partial charge in [-0.1, -0.05) is 0 Å². The fourth-order valence-corrected chi connectivity index (χ4v) is 1.65. The van der Waals surface area contributed by atoms with E-state index in [-0.39, 0.29) is 11.7 Å². The molecule has 5 nitrogen and oxygen atoms in total. The Bertz CT molecular complexity index is 700. The molecule has 1 amide bonds. The average molecular weight is 245 g/mol. The SMILES string of the molecule is Cc1oc2cc(NC(=O)C=O)ccc2c(=O)c1C. The lowest BCUT2D eigenvalue weighted by Gasteiger charge is -2.05. The summed E-state index contributed by atoms with van der Waals surface area (Å²) in [7, 11) is 0. The van der Waals surface area contributed by atoms with Crippen molar-refractivity contribution in [2.45, 2.75) is 13.8 Å². The summed E-state index contributed by atoms with van der Waals surface area (Å²) >= 11 is 0. The first-order chi connectivity index (χ1) is 8.52. The van der Waals surface area contributed by atoms with Crippen LogP contribution in [-0.4, -0.2) is 12.2 Å². The zero-order valence-electron chi connectivity index (χ0n) is 9.94. The van der Waals surface area contributed by atoms with Crippen molar-refractivity contribution < 1.29 is 14.0 Å². The molecular weight excluding hydrogens is 234 g/mol. The molecule has 0 aliphatic carbocycles. The van der Waals surface area contributed by atoms with E-state index >= 15 is 0 Å². The standard InChI is InChI=1S/C13H11NO4/c1-7-8(2)18-11-5-9(14-12(16)6-15)3-4-10(11)13(7)17/h3-6H,1-2H3,(H,14,16). The lowest BCUT2D eigenvalue weighted by atomic mass is 10.1. The zero-order chi connectivity index (χ0) is 13.3. The summed E-state index contributed by atoms with van der Waals surface area (Å²) in [5.41, 5.74) is 1.26. The molecule has 92 valence electrons. The Hall–Kier alpha value is -2.43. The summed E-state index contributed by atoms with van der Waals surface area (Å²) < 4.78 is 5.49. The number of benzene rings is 1. The molecule has 1 aromatic carbocycles. The topological polar surface area (TPSA) is 76.4 Å². The first-order valence-electron chi connectivity index (χ1n) is 5.33. The third kappa shape index (κ3) is 2.02. The highest BCUT2D eigenvalue weighted by atomic mass is 16.3. The van der Waals surface area contributed by atoms with Crippen LogP contribution in [0.5, 0.6) is 0 Å². The number of fused-ring (bicyclic) bond motifs is 1. The van der Waals surface area contributed by atoms with Crippen LogP contribution in [0.4, 0.5) is 5.69 Å². The van der Waals surface area contributed by atoms with Gasteiger partial charge in [-0.15, -0.1) is 0 Å². The van der Waals surface area contributed by atoms with Crippen molar-refractivity contribution in [2.24, 2.45) is 0 Å². The molecule has 1 N–H and O–H groups in total. The Morgan fingerprint density at radius 3 is 2.72 bits per heavy atom. The van der Waals surface area contributed by atoms with E-state index in [1.165, 1.54) is 6.07 Å². The number of hydrogen-bond donors (Lipinski definition) is 1. The fourth-order valence-electron chi connectivity index (χ4n) is 1.65. The van der Waals surface area contributed by atoms with Crippen LogP contribution in [-0.2, 0) is 9.59 Å². The van der Waals surface area contributed by atoms with Gasteiger partial charge in [-0.05, 0) is 26.0 Å². The predicted octanol–water partition coefficient (Wildman–Crippen LogP) is 1.55. The third-order valence-corrected chi connectivity index (χ3v) is 2.73. The average Bonchev–Trinajstić information content (AvgIpc) is 2.35. The third-order valence-electron chi connectivity index (χ3n) is 2.73. The summed E-state index contributed by atoms with van der Waals surface area (Å²) in [5.74, 6) is -0.216. The minimum atomic E-state index is -0.750. The van der Waals surface area contributed by atoms with Crippen molar-refractivity contribution in [3.8, 4) is 0 Å². The van der Waals surface area contributed by atoms with Crippen LogP contribution in [0.15, 0.2) is 27.4 Å². The maximum absolute atomic E-state index is 11.9. The van der Waals surface area contributed by atoms with E-state index in [0.717, 1.165) is 0 Å². The number of aryl methyl sites for hydroxylation is 1. The van der Waals surface area contributed by atoms with Crippen molar-refractivity contribution in [1.82, 2.24) is 0 Å². The molecule has 0 radical (unpaired) electrons. The molecule has 1 aromatic heterocycles. The molecule has 18 heavy (non-hydrogen) atoms. The lowest BCUT2D eigenvalue weighted by Crippen LogP contribution is -2.12. The van der Waals surface area contributed by atoms with Gasteiger partial charge in [0.25, 0.3) is 5.91 Å². The van der Waals surface area contributed by atoms with Gasteiger partial charge < -0.3 is 9.73 Å². The van der Waals surface area contributed by atoms with Gasteiger partial charge in [0.1, 0.15) is 11.3 Å². The fraction of sp³-hybridized carbons (Fsp3) is 0.154. The van der Waals surface area contributed by atoms with Gasteiger partial charge in [0.15, 0.2) is 5.43 Å². The van der Waals surface area contributed by atoms with Crippen LogP contribution in [0.1, 0.15) is 11.3 Å². The highest BCUT2D eigenvalue weighted by Gasteiger charge is 2.09. The van der Waals surface area contributed by atoms with Crippen LogP contribution in [0.2, 0.25) is 0 Å². The molecule has 2 rings (SSSR count). The summed E-state index contributed by atoms with van der Waals surface area (Å²) in [6.07, 6.45) is 0.181. The number of amides is 1. The maximum Gasteiger partial charge on any atom is 0.288 e. The molecule has 0 fully saturated rings. The number of carbonyl (C=O) groups excluding carboxylic acids is 2.